The first-order valence-corrected chi connectivity index (χ1v) is 5.15. The number of carboxylic acids is 2. The van der Waals surface area contributed by atoms with Crippen LogP contribution in [0, 0.1) is 5.41 Å². The summed E-state index contributed by atoms with van der Waals surface area (Å²) in [6.45, 7) is 2.95. The van der Waals surface area contributed by atoms with Gasteiger partial charge in [0, 0.05) is 0 Å². The van der Waals surface area contributed by atoms with Gasteiger partial charge in [-0.05, 0) is 12.8 Å². The first kappa shape index (κ1) is 15.4. The highest BCUT2D eigenvalue weighted by molar-refractivity contribution is 5.94. The van der Waals surface area contributed by atoms with Crippen LogP contribution in [0.1, 0.15) is 33.1 Å². The highest BCUT2D eigenvalue weighted by Gasteiger charge is 2.58. The minimum atomic E-state index is -2.70. The zero-order valence-corrected chi connectivity index (χ0v) is 9.77. The van der Waals surface area contributed by atoms with Crippen LogP contribution < -0.4 is 5.73 Å². The molecule has 5 N–H and O–H groups in total. The second-order valence-corrected chi connectivity index (χ2v) is 3.89. The van der Waals surface area contributed by atoms with Gasteiger partial charge in [0.1, 0.15) is 0 Å². The van der Waals surface area contributed by atoms with Crippen LogP contribution in [0.5, 0.6) is 0 Å². The molecule has 17 heavy (non-hydrogen) atoms. The molecule has 1 atom stereocenters. The molecule has 0 aromatic carbocycles. The lowest BCUT2D eigenvalue weighted by molar-refractivity contribution is -0.187. The Balaban J connectivity index is 5.77. The summed E-state index contributed by atoms with van der Waals surface area (Å²) in [5, 5.41) is 27.7. The smallest absolute Gasteiger partial charge is 0.337 e. The minimum absolute atomic E-state index is 0.0606. The summed E-state index contributed by atoms with van der Waals surface area (Å²) in [5.41, 5.74) is 0.642. The van der Waals surface area contributed by atoms with Crippen LogP contribution in [0.3, 0.4) is 0 Å². The van der Waals surface area contributed by atoms with Gasteiger partial charge in [-0.15, -0.1) is 0 Å². The topological polar surface area (TPSA) is 138 Å². The maximum Gasteiger partial charge on any atom is 0.337 e. The number of hydrogen-bond donors (Lipinski definition) is 4. The Bertz CT molecular complexity index is 336. The number of nitrogens with two attached hydrogens (primary N) is 1. The van der Waals surface area contributed by atoms with Crippen molar-refractivity contribution in [3.63, 3.8) is 0 Å². The van der Waals surface area contributed by atoms with Crippen molar-refractivity contribution in [1.82, 2.24) is 0 Å². The molecule has 0 radical (unpaired) electrons. The molecule has 98 valence electrons. The predicted molar refractivity (Wildman–Crippen MR) is 57.0 cm³/mol. The monoisotopic (exact) mass is 247 g/mol. The van der Waals surface area contributed by atoms with Crippen molar-refractivity contribution in [2.45, 2.75) is 38.7 Å². The third-order valence-electron chi connectivity index (χ3n) is 3.23. The number of rotatable bonds is 7. The van der Waals surface area contributed by atoms with Crippen molar-refractivity contribution in [2.75, 3.05) is 0 Å². The molecule has 1 unspecified atom stereocenters. The van der Waals surface area contributed by atoms with Gasteiger partial charge in [0.15, 0.2) is 5.60 Å². The van der Waals surface area contributed by atoms with E-state index in [9.17, 15) is 19.5 Å². The molecule has 0 saturated heterocycles. The molecule has 0 rings (SSSR count). The number of aliphatic hydroxyl groups is 1. The summed E-state index contributed by atoms with van der Waals surface area (Å²) in [4.78, 5) is 33.2. The van der Waals surface area contributed by atoms with Crippen LogP contribution in [-0.2, 0) is 14.4 Å². The summed E-state index contributed by atoms with van der Waals surface area (Å²) in [5.74, 6) is -4.29. The molecule has 0 aliphatic carbocycles. The van der Waals surface area contributed by atoms with Crippen molar-refractivity contribution in [1.29, 1.82) is 0 Å². The Hall–Kier alpha value is -1.63. The van der Waals surface area contributed by atoms with E-state index in [1.807, 2.05) is 0 Å². The number of carbonyl (C=O) groups excluding carboxylic acids is 1. The zero-order valence-electron chi connectivity index (χ0n) is 9.77. The van der Waals surface area contributed by atoms with Gasteiger partial charge >= 0.3 is 11.9 Å². The Morgan fingerprint density at radius 1 is 1.12 bits per heavy atom. The van der Waals surface area contributed by atoms with Crippen LogP contribution in [0.2, 0.25) is 0 Å². The second kappa shape index (κ2) is 5.13. The van der Waals surface area contributed by atoms with E-state index in [1.165, 1.54) is 13.8 Å². The lowest BCUT2D eigenvalue weighted by Crippen LogP contribution is -2.60. The third-order valence-corrected chi connectivity index (χ3v) is 3.23. The fraction of sp³-hybridized carbons (Fsp3) is 0.700. The summed E-state index contributed by atoms with van der Waals surface area (Å²) in [6, 6.07) is 0. The molecule has 0 spiro atoms. The molecule has 7 heteroatoms. The second-order valence-electron chi connectivity index (χ2n) is 3.89. The zero-order chi connectivity index (χ0) is 13.9. The first-order chi connectivity index (χ1) is 7.67. The number of primary amides is 1. The van der Waals surface area contributed by atoms with Gasteiger partial charge < -0.3 is 21.1 Å². The first-order valence-electron chi connectivity index (χ1n) is 5.15. The quantitative estimate of drug-likeness (QED) is 0.481. The maximum atomic E-state index is 11.4. The molecule has 7 nitrogen and oxygen atoms in total. The van der Waals surface area contributed by atoms with Gasteiger partial charge in [-0.25, -0.2) is 4.79 Å². The Morgan fingerprint density at radius 2 is 1.53 bits per heavy atom. The normalized spacial score (nSPS) is 15.0. The average molecular weight is 247 g/mol. The largest absolute Gasteiger partial charge is 0.481 e. The third kappa shape index (κ3) is 2.38. The summed E-state index contributed by atoms with van der Waals surface area (Å²) < 4.78 is 0. The van der Waals surface area contributed by atoms with E-state index >= 15 is 0 Å². The molecule has 0 bridgehead atoms. The lowest BCUT2D eigenvalue weighted by Gasteiger charge is -2.40. The Labute approximate surface area is 98.2 Å². The van der Waals surface area contributed by atoms with Crippen LogP contribution >= 0.6 is 0 Å². The van der Waals surface area contributed by atoms with Gasteiger partial charge in [-0.2, -0.15) is 0 Å². The number of hydrogen-bond acceptors (Lipinski definition) is 4. The number of aliphatic carboxylic acids is 2. The standard InChI is InChI=1S/C10H17NO6/c1-3-9(4-2,7(11)14)10(17,8(15)16)5-6(12)13/h17H,3-5H2,1-2H3,(H2,11,14)(H,12,13)(H,15,16). The van der Waals surface area contributed by atoms with Crippen LogP contribution in [0.25, 0.3) is 0 Å². The van der Waals surface area contributed by atoms with Gasteiger partial charge in [0.05, 0.1) is 11.8 Å². The fourth-order valence-corrected chi connectivity index (χ4v) is 2.06. The summed E-state index contributed by atoms with van der Waals surface area (Å²) in [6.07, 6.45) is -1.20. The molecule has 0 heterocycles. The van der Waals surface area contributed by atoms with E-state index in [2.05, 4.69) is 0 Å². The average Bonchev–Trinajstić information content (AvgIpc) is 2.18. The molecule has 0 saturated carbocycles. The molecular formula is C10H17NO6. The van der Waals surface area contributed by atoms with Crippen molar-refractivity contribution < 1.29 is 29.7 Å². The van der Waals surface area contributed by atoms with Gasteiger partial charge in [-0.3, -0.25) is 9.59 Å². The van der Waals surface area contributed by atoms with Crippen molar-refractivity contribution in [3.05, 3.63) is 0 Å². The molecule has 0 aliphatic rings. The van der Waals surface area contributed by atoms with Crippen LogP contribution in [0.4, 0.5) is 0 Å². The Kier molecular flexibility index (Phi) is 4.64. The Morgan fingerprint density at radius 3 is 1.71 bits per heavy atom. The molecule has 0 aromatic rings. The molecular weight excluding hydrogens is 230 g/mol. The molecule has 0 fully saturated rings. The van der Waals surface area contributed by atoms with Crippen LogP contribution in [0.15, 0.2) is 0 Å². The van der Waals surface area contributed by atoms with Crippen molar-refractivity contribution in [2.24, 2.45) is 11.1 Å². The van der Waals surface area contributed by atoms with E-state index in [0.717, 1.165) is 0 Å². The molecule has 0 aromatic heterocycles. The lowest BCUT2D eigenvalue weighted by atomic mass is 9.66. The highest BCUT2D eigenvalue weighted by Crippen LogP contribution is 2.41. The molecule has 1 amide bonds. The van der Waals surface area contributed by atoms with E-state index in [4.69, 9.17) is 15.9 Å². The number of amides is 1. The van der Waals surface area contributed by atoms with Gasteiger partial charge in [0.25, 0.3) is 0 Å². The maximum absolute atomic E-state index is 11.4. The summed E-state index contributed by atoms with van der Waals surface area (Å²) >= 11 is 0. The van der Waals surface area contributed by atoms with E-state index in [-0.39, 0.29) is 12.8 Å². The van der Waals surface area contributed by atoms with Crippen molar-refractivity contribution in [3.8, 4) is 0 Å². The van der Waals surface area contributed by atoms with E-state index in [1.54, 1.807) is 0 Å². The predicted octanol–water partition coefficient (Wildman–Crippen LogP) is -0.432. The number of carboxylic acid groups (broad SMARTS) is 2. The van der Waals surface area contributed by atoms with Crippen LogP contribution in [-0.4, -0.2) is 38.8 Å². The van der Waals surface area contributed by atoms with E-state index < -0.39 is 35.3 Å². The SMILES string of the molecule is CCC(CC)(C(N)=O)C(O)(CC(=O)O)C(=O)O. The van der Waals surface area contributed by atoms with Gasteiger partial charge in [0.2, 0.25) is 5.91 Å². The fourth-order valence-electron chi connectivity index (χ4n) is 2.06. The highest BCUT2D eigenvalue weighted by atomic mass is 16.4. The minimum Gasteiger partial charge on any atom is -0.481 e. The number of carbonyl (C=O) groups is 3. The van der Waals surface area contributed by atoms with Crippen molar-refractivity contribution >= 4 is 17.8 Å². The van der Waals surface area contributed by atoms with Gasteiger partial charge in [-0.1, -0.05) is 13.8 Å². The molecule has 0 aliphatic heterocycles. The van der Waals surface area contributed by atoms with E-state index in [0.29, 0.717) is 0 Å². The summed E-state index contributed by atoms with van der Waals surface area (Å²) in [7, 11) is 0.